The molecule has 1 aromatic carbocycles. The Morgan fingerprint density at radius 3 is 2.92 bits per heavy atom. The lowest BCUT2D eigenvalue weighted by Crippen LogP contribution is -2.36. The van der Waals surface area contributed by atoms with Crippen LogP contribution in [0, 0.1) is 5.82 Å². The molecule has 0 unspecified atom stereocenters. The molecule has 8 heteroatoms. The summed E-state index contributed by atoms with van der Waals surface area (Å²) in [6.45, 7) is 0.603. The topological polar surface area (TPSA) is 71.1 Å². The summed E-state index contributed by atoms with van der Waals surface area (Å²) in [5, 5.41) is 0.261. The van der Waals surface area contributed by atoms with Crippen molar-refractivity contribution in [2.75, 3.05) is 26.9 Å². The zero-order valence-corrected chi connectivity index (χ0v) is 13.7. The van der Waals surface area contributed by atoms with Crippen LogP contribution in [0.25, 0.3) is 10.1 Å². The Kier molecular flexibility index (Phi) is 5.08. The summed E-state index contributed by atoms with van der Waals surface area (Å²) in [6.07, 6.45) is -0.810. The maximum Gasteiger partial charge on any atom is 0.348 e. The number of halogens is 1. The van der Waals surface area contributed by atoms with Crippen LogP contribution in [-0.4, -0.2) is 45.0 Å². The van der Waals surface area contributed by atoms with Gasteiger partial charge in [-0.25, -0.2) is 14.0 Å². The third-order valence-electron chi connectivity index (χ3n) is 3.57. The van der Waals surface area contributed by atoms with Crippen LogP contribution in [0.15, 0.2) is 18.2 Å². The van der Waals surface area contributed by atoms with Crippen molar-refractivity contribution in [2.24, 2.45) is 0 Å². The number of methoxy groups -OCH3 is 1. The molecule has 1 aliphatic rings. The van der Waals surface area contributed by atoms with Gasteiger partial charge >= 0.3 is 11.9 Å². The summed E-state index contributed by atoms with van der Waals surface area (Å²) in [5.41, 5.74) is 0.296. The lowest BCUT2D eigenvalue weighted by atomic mass is 10.1. The minimum Gasteiger partial charge on any atom is -0.465 e. The van der Waals surface area contributed by atoms with Gasteiger partial charge in [-0.15, -0.1) is 11.3 Å². The highest BCUT2D eigenvalue weighted by Crippen LogP contribution is 2.34. The van der Waals surface area contributed by atoms with Gasteiger partial charge in [-0.2, -0.15) is 0 Å². The molecule has 3 rings (SSSR count). The molecule has 1 atom stereocenters. The van der Waals surface area contributed by atoms with E-state index in [-0.39, 0.29) is 23.5 Å². The first-order chi connectivity index (χ1) is 11.6. The third-order valence-corrected chi connectivity index (χ3v) is 4.75. The van der Waals surface area contributed by atoms with Crippen LogP contribution < -0.4 is 0 Å². The van der Waals surface area contributed by atoms with Gasteiger partial charge in [0.25, 0.3) is 0 Å². The number of benzene rings is 1. The van der Waals surface area contributed by atoms with Crippen molar-refractivity contribution in [3.05, 3.63) is 34.5 Å². The van der Waals surface area contributed by atoms with E-state index >= 15 is 0 Å². The van der Waals surface area contributed by atoms with Gasteiger partial charge in [0.2, 0.25) is 0 Å². The summed E-state index contributed by atoms with van der Waals surface area (Å²) in [5.74, 6) is -1.69. The molecule has 0 amide bonds. The van der Waals surface area contributed by atoms with Crippen molar-refractivity contribution in [1.82, 2.24) is 0 Å². The number of carbonyl (C=O) groups is 2. The largest absolute Gasteiger partial charge is 0.465 e. The van der Waals surface area contributed by atoms with Gasteiger partial charge < -0.3 is 18.9 Å². The summed E-state index contributed by atoms with van der Waals surface area (Å²) >= 11 is 1.10. The minimum absolute atomic E-state index is 0.113. The molecule has 0 spiro atoms. The van der Waals surface area contributed by atoms with Crippen LogP contribution in [0.4, 0.5) is 4.39 Å². The van der Waals surface area contributed by atoms with Gasteiger partial charge in [-0.3, -0.25) is 0 Å². The highest BCUT2D eigenvalue weighted by atomic mass is 32.1. The molecule has 0 N–H and O–H groups in total. The second-order valence-corrected chi connectivity index (χ2v) is 6.11. The van der Waals surface area contributed by atoms with Crippen molar-refractivity contribution in [2.45, 2.75) is 12.7 Å². The number of carbonyl (C=O) groups excluding carboxylic acids is 2. The number of hydrogen-bond donors (Lipinski definition) is 0. The molecule has 2 aromatic rings. The van der Waals surface area contributed by atoms with E-state index in [9.17, 15) is 14.0 Å². The van der Waals surface area contributed by atoms with E-state index in [2.05, 4.69) is 0 Å². The molecule has 24 heavy (non-hydrogen) atoms. The smallest absolute Gasteiger partial charge is 0.348 e. The Morgan fingerprint density at radius 1 is 1.38 bits per heavy atom. The SMILES string of the molecule is COC(=O)c1sc2cccc(F)c2c1COC(=O)[C@@H]1COCCO1. The zero-order chi connectivity index (χ0) is 17.1. The second-order valence-electron chi connectivity index (χ2n) is 5.06. The molecule has 0 aliphatic carbocycles. The first-order valence-electron chi connectivity index (χ1n) is 7.26. The molecule has 1 fully saturated rings. The van der Waals surface area contributed by atoms with Gasteiger partial charge in [-0.1, -0.05) is 6.07 Å². The lowest BCUT2D eigenvalue weighted by molar-refractivity contribution is -0.172. The molecule has 0 saturated carbocycles. The van der Waals surface area contributed by atoms with Crippen LogP contribution in [0.3, 0.4) is 0 Å². The van der Waals surface area contributed by atoms with E-state index in [0.717, 1.165) is 11.3 Å². The Balaban J connectivity index is 1.86. The summed E-state index contributed by atoms with van der Waals surface area (Å²) in [4.78, 5) is 24.2. The van der Waals surface area contributed by atoms with Gasteiger partial charge in [-0.05, 0) is 12.1 Å². The fraction of sp³-hybridized carbons (Fsp3) is 0.375. The average Bonchev–Trinajstić information content (AvgIpc) is 2.99. The summed E-state index contributed by atoms with van der Waals surface area (Å²) in [7, 11) is 1.24. The highest BCUT2D eigenvalue weighted by molar-refractivity contribution is 7.21. The molecular formula is C16H15FO6S. The van der Waals surface area contributed by atoms with E-state index in [1.165, 1.54) is 13.2 Å². The Labute approximate surface area is 141 Å². The average molecular weight is 354 g/mol. The monoisotopic (exact) mass is 354 g/mol. The molecule has 6 nitrogen and oxygen atoms in total. The van der Waals surface area contributed by atoms with E-state index in [1.807, 2.05) is 0 Å². The van der Waals surface area contributed by atoms with E-state index in [0.29, 0.717) is 23.5 Å². The molecular weight excluding hydrogens is 339 g/mol. The van der Waals surface area contributed by atoms with Gasteiger partial charge in [0.05, 0.1) is 26.9 Å². The third kappa shape index (κ3) is 3.26. The molecule has 2 heterocycles. The normalized spacial score (nSPS) is 17.7. The number of fused-ring (bicyclic) bond motifs is 1. The minimum atomic E-state index is -0.810. The predicted molar refractivity (Wildman–Crippen MR) is 83.5 cm³/mol. The number of ether oxygens (including phenoxy) is 4. The van der Waals surface area contributed by atoms with Crippen LogP contribution in [0.1, 0.15) is 15.2 Å². The standard InChI is InChI=1S/C16H15FO6S/c1-20-16(19)14-9(13-10(17)3-2-4-12(13)24-14)7-23-15(18)11-8-21-5-6-22-11/h2-4,11H,5-8H2,1H3/t11-/m0/s1. The quantitative estimate of drug-likeness (QED) is 0.785. The summed E-state index contributed by atoms with van der Waals surface area (Å²) < 4.78 is 35.1. The molecule has 1 saturated heterocycles. The number of esters is 2. The first-order valence-corrected chi connectivity index (χ1v) is 8.07. The first kappa shape index (κ1) is 16.8. The van der Waals surface area contributed by atoms with Crippen molar-refractivity contribution >= 4 is 33.4 Å². The van der Waals surface area contributed by atoms with E-state index < -0.39 is 23.9 Å². The fourth-order valence-electron chi connectivity index (χ4n) is 2.42. The number of rotatable bonds is 4. The van der Waals surface area contributed by atoms with Gasteiger partial charge in [0, 0.05) is 15.6 Å². The van der Waals surface area contributed by atoms with Crippen LogP contribution in [-0.2, 0) is 30.3 Å². The maximum absolute atomic E-state index is 14.2. The molecule has 0 bridgehead atoms. The maximum atomic E-state index is 14.2. The van der Waals surface area contributed by atoms with Crippen LogP contribution in [0.5, 0.6) is 0 Å². The highest BCUT2D eigenvalue weighted by Gasteiger charge is 2.27. The van der Waals surface area contributed by atoms with Crippen LogP contribution >= 0.6 is 11.3 Å². The Morgan fingerprint density at radius 2 is 2.21 bits per heavy atom. The van der Waals surface area contributed by atoms with Crippen molar-refractivity contribution in [3.8, 4) is 0 Å². The van der Waals surface area contributed by atoms with Crippen molar-refractivity contribution in [3.63, 3.8) is 0 Å². The Hall–Kier alpha value is -2.03. The van der Waals surface area contributed by atoms with Gasteiger partial charge in [0.1, 0.15) is 17.3 Å². The summed E-state index contributed by atoms with van der Waals surface area (Å²) in [6, 6.07) is 4.54. The molecule has 1 aliphatic heterocycles. The van der Waals surface area contributed by atoms with E-state index in [1.54, 1.807) is 12.1 Å². The zero-order valence-electron chi connectivity index (χ0n) is 12.9. The fourth-order valence-corrected chi connectivity index (χ4v) is 3.56. The Bertz CT molecular complexity index is 765. The lowest BCUT2D eigenvalue weighted by Gasteiger charge is -2.21. The molecule has 1 aromatic heterocycles. The van der Waals surface area contributed by atoms with Gasteiger partial charge in [0.15, 0.2) is 6.10 Å². The predicted octanol–water partition coefficient (Wildman–Crippen LogP) is 2.29. The number of hydrogen-bond acceptors (Lipinski definition) is 7. The van der Waals surface area contributed by atoms with Crippen molar-refractivity contribution < 1.29 is 32.9 Å². The van der Waals surface area contributed by atoms with Crippen LogP contribution in [0.2, 0.25) is 0 Å². The molecule has 128 valence electrons. The second kappa shape index (κ2) is 7.25. The van der Waals surface area contributed by atoms with E-state index in [4.69, 9.17) is 18.9 Å². The number of thiophene rings is 1. The van der Waals surface area contributed by atoms with Crippen molar-refractivity contribution in [1.29, 1.82) is 0 Å². The molecule has 0 radical (unpaired) electrons.